The van der Waals surface area contributed by atoms with Gasteiger partial charge in [0.15, 0.2) is 0 Å². The van der Waals surface area contributed by atoms with Gasteiger partial charge >= 0.3 is 6.18 Å². The molecular weight excluding hydrogens is 513 g/mol. The van der Waals surface area contributed by atoms with Crippen LogP contribution in [-0.2, 0) is 22.3 Å². The Balaban J connectivity index is 1.32. The van der Waals surface area contributed by atoms with Gasteiger partial charge in [-0.25, -0.2) is 9.97 Å². The van der Waals surface area contributed by atoms with Crippen molar-refractivity contribution in [2.45, 2.75) is 25.6 Å². The fraction of sp³-hybridized carbons (Fsp3) is 0.292. The highest BCUT2D eigenvalue weighted by Crippen LogP contribution is 2.37. The minimum atomic E-state index is -4.57. The lowest BCUT2D eigenvalue weighted by atomic mass is 10.1. The molecule has 0 radical (unpaired) electrons. The van der Waals surface area contributed by atoms with Gasteiger partial charge in [0.1, 0.15) is 6.33 Å². The number of carbonyl (C=O) groups is 2. The van der Waals surface area contributed by atoms with E-state index in [0.717, 1.165) is 6.07 Å². The van der Waals surface area contributed by atoms with E-state index in [1.807, 2.05) is 0 Å². The van der Waals surface area contributed by atoms with Crippen molar-refractivity contribution in [2.75, 3.05) is 25.1 Å². The van der Waals surface area contributed by atoms with Crippen molar-refractivity contribution in [3.8, 4) is 0 Å². The summed E-state index contributed by atoms with van der Waals surface area (Å²) in [6, 6.07) is 6.62. The van der Waals surface area contributed by atoms with Crippen molar-refractivity contribution < 1.29 is 27.5 Å². The monoisotopic (exact) mass is 536 g/mol. The first-order chi connectivity index (χ1) is 17.7. The molecular formula is C24H24ClF3N6O3. The molecule has 0 saturated carbocycles. The molecule has 0 atom stereocenters. The summed E-state index contributed by atoms with van der Waals surface area (Å²) in [6.07, 6.45) is 1.72. The van der Waals surface area contributed by atoms with Crippen molar-refractivity contribution in [2.24, 2.45) is 0 Å². The van der Waals surface area contributed by atoms with Crippen LogP contribution in [0.2, 0.25) is 5.02 Å². The standard InChI is InChI=1S/C24H24ClF3N6O3/c25-17-2-5-21(20(10-17)24(26,27)28)34-19-4-3-18(32-14-19)13-33-22(35)6-9-37-8-1-7-31-23(36)16-11-29-15-30-12-16/h2-5,10-12,14-15,34H,1,6-9,13H2,(H,31,36)(H,33,35). The SMILES string of the molecule is O=C(CCOCCCNC(=O)c1cncnc1)NCc1ccc(Nc2ccc(Cl)cc2C(F)(F)F)cn1. The highest BCUT2D eigenvalue weighted by molar-refractivity contribution is 6.30. The molecule has 0 bridgehead atoms. The molecule has 13 heteroatoms. The summed E-state index contributed by atoms with van der Waals surface area (Å²) in [4.78, 5) is 35.6. The first-order valence-corrected chi connectivity index (χ1v) is 11.6. The number of carbonyl (C=O) groups excluding carboxylic acids is 2. The molecule has 2 heterocycles. The number of anilines is 2. The van der Waals surface area contributed by atoms with Crippen LogP contribution < -0.4 is 16.0 Å². The summed E-state index contributed by atoms with van der Waals surface area (Å²) in [5.41, 5.74) is 0.229. The Labute approximate surface area is 215 Å². The van der Waals surface area contributed by atoms with Gasteiger partial charge < -0.3 is 20.7 Å². The quantitative estimate of drug-likeness (QED) is 0.298. The van der Waals surface area contributed by atoms with E-state index < -0.39 is 11.7 Å². The van der Waals surface area contributed by atoms with Gasteiger partial charge in [0.2, 0.25) is 5.91 Å². The van der Waals surface area contributed by atoms with Crippen LogP contribution in [0.4, 0.5) is 24.5 Å². The third-order valence-electron chi connectivity index (χ3n) is 4.90. The summed E-state index contributed by atoms with van der Waals surface area (Å²) >= 11 is 5.70. The van der Waals surface area contributed by atoms with Crippen LogP contribution in [0.15, 0.2) is 55.2 Å². The van der Waals surface area contributed by atoms with Crippen LogP contribution in [0.3, 0.4) is 0 Å². The topological polar surface area (TPSA) is 118 Å². The molecule has 196 valence electrons. The average molecular weight is 537 g/mol. The van der Waals surface area contributed by atoms with E-state index in [2.05, 4.69) is 30.9 Å². The van der Waals surface area contributed by atoms with Crippen molar-refractivity contribution in [1.29, 1.82) is 0 Å². The lowest BCUT2D eigenvalue weighted by Gasteiger charge is -2.15. The molecule has 0 spiro atoms. The molecule has 3 N–H and O–H groups in total. The van der Waals surface area contributed by atoms with Crippen molar-refractivity contribution >= 4 is 34.8 Å². The summed E-state index contributed by atoms with van der Waals surface area (Å²) in [5, 5.41) is 8.10. The number of hydrogen-bond acceptors (Lipinski definition) is 7. The number of aromatic nitrogens is 3. The smallest absolute Gasteiger partial charge is 0.381 e. The highest BCUT2D eigenvalue weighted by atomic mass is 35.5. The Morgan fingerprint density at radius 3 is 2.49 bits per heavy atom. The lowest BCUT2D eigenvalue weighted by molar-refractivity contribution is -0.137. The third kappa shape index (κ3) is 9.32. The van der Waals surface area contributed by atoms with E-state index in [0.29, 0.717) is 36.5 Å². The number of pyridine rings is 1. The fourth-order valence-electron chi connectivity index (χ4n) is 3.06. The van der Waals surface area contributed by atoms with Crippen LogP contribution >= 0.6 is 11.6 Å². The van der Waals surface area contributed by atoms with Crippen LogP contribution in [-0.4, -0.2) is 46.5 Å². The zero-order valence-electron chi connectivity index (χ0n) is 19.5. The van der Waals surface area contributed by atoms with E-state index in [4.69, 9.17) is 16.3 Å². The van der Waals surface area contributed by atoms with E-state index in [9.17, 15) is 22.8 Å². The van der Waals surface area contributed by atoms with Crippen LogP contribution in [0.25, 0.3) is 0 Å². The van der Waals surface area contributed by atoms with Gasteiger partial charge in [0.25, 0.3) is 5.91 Å². The Morgan fingerprint density at radius 1 is 1.00 bits per heavy atom. The molecule has 0 aliphatic carbocycles. The van der Waals surface area contributed by atoms with Gasteiger partial charge in [-0.15, -0.1) is 0 Å². The van der Waals surface area contributed by atoms with Gasteiger partial charge in [0.05, 0.1) is 47.5 Å². The molecule has 9 nitrogen and oxygen atoms in total. The van der Waals surface area contributed by atoms with Gasteiger partial charge in [-0.05, 0) is 36.8 Å². The molecule has 37 heavy (non-hydrogen) atoms. The number of nitrogens with one attached hydrogen (secondary N) is 3. The number of amides is 2. The molecule has 0 saturated heterocycles. The number of ether oxygens (including phenoxy) is 1. The van der Waals surface area contributed by atoms with E-state index >= 15 is 0 Å². The summed E-state index contributed by atoms with van der Waals surface area (Å²) in [5.74, 6) is -0.509. The number of halogens is 4. The maximum Gasteiger partial charge on any atom is 0.418 e. The fourth-order valence-corrected chi connectivity index (χ4v) is 3.23. The zero-order chi connectivity index (χ0) is 26.7. The summed E-state index contributed by atoms with van der Waals surface area (Å²) in [7, 11) is 0. The van der Waals surface area contributed by atoms with Gasteiger partial charge in [0, 0.05) is 37.0 Å². The number of hydrogen-bond donors (Lipinski definition) is 3. The molecule has 2 amide bonds. The summed E-state index contributed by atoms with van der Waals surface area (Å²) < 4.78 is 45.1. The van der Waals surface area contributed by atoms with Gasteiger partial charge in [-0.2, -0.15) is 13.2 Å². The Bertz CT molecular complexity index is 1180. The number of nitrogens with zero attached hydrogens (tertiary/aromatic N) is 3. The first kappa shape index (κ1) is 27.8. The predicted molar refractivity (Wildman–Crippen MR) is 130 cm³/mol. The van der Waals surface area contributed by atoms with E-state index in [1.165, 1.54) is 37.1 Å². The second kappa shape index (κ2) is 13.5. The average Bonchev–Trinajstić information content (AvgIpc) is 2.88. The largest absolute Gasteiger partial charge is 0.418 e. The molecule has 1 aromatic carbocycles. The maximum absolute atomic E-state index is 13.2. The lowest BCUT2D eigenvalue weighted by Crippen LogP contribution is -2.26. The number of rotatable bonds is 12. The Morgan fingerprint density at radius 2 is 1.78 bits per heavy atom. The second-order valence-corrected chi connectivity index (χ2v) is 8.16. The molecule has 0 unspecified atom stereocenters. The van der Waals surface area contributed by atoms with E-state index in [-0.39, 0.29) is 42.1 Å². The van der Waals surface area contributed by atoms with Gasteiger partial charge in [-0.3, -0.25) is 14.6 Å². The van der Waals surface area contributed by atoms with Crippen LogP contribution in [0.5, 0.6) is 0 Å². The van der Waals surface area contributed by atoms with Crippen LogP contribution in [0.1, 0.15) is 34.5 Å². The second-order valence-electron chi connectivity index (χ2n) is 7.73. The van der Waals surface area contributed by atoms with Crippen molar-refractivity contribution in [3.63, 3.8) is 0 Å². The Kier molecular flexibility index (Phi) is 10.2. The molecule has 0 fully saturated rings. The maximum atomic E-state index is 13.2. The van der Waals surface area contributed by atoms with E-state index in [1.54, 1.807) is 12.1 Å². The van der Waals surface area contributed by atoms with Crippen molar-refractivity contribution in [3.05, 3.63) is 77.1 Å². The molecule has 2 aromatic heterocycles. The number of benzene rings is 1. The minimum Gasteiger partial charge on any atom is -0.381 e. The highest BCUT2D eigenvalue weighted by Gasteiger charge is 2.33. The third-order valence-corrected chi connectivity index (χ3v) is 5.14. The molecule has 0 aliphatic heterocycles. The Hall–Kier alpha value is -3.77. The first-order valence-electron chi connectivity index (χ1n) is 11.2. The molecule has 3 rings (SSSR count). The summed E-state index contributed by atoms with van der Waals surface area (Å²) in [6.45, 7) is 1.15. The van der Waals surface area contributed by atoms with Gasteiger partial charge in [-0.1, -0.05) is 11.6 Å². The predicted octanol–water partition coefficient (Wildman–Crippen LogP) is 4.13. The molecule has 3 aromatic rings. The molecule has 0 aliphatic rings. The van der Waals surface area contributed by atoms with Crippen LogP contribution in [0, 0.1) is 0 Å². The minimum absolute atomic E-state index is 0.0178. The zero-order valence-corrected chi connectivity index (χ0v) is 20.3. The normalized spacial score (nSPS) is 11.1. The number of alkyl halides is 3. The van der Waals surface area contributed by atoms with Crippen molar-refractivity contribution in [1.82, 2.24) is 25.6 Å².